The molecule has 0 amide bonds. The third kappa shape index (κ3) is 3.85. The SMILES string of the molecule is CC(=O)[C@@]1(O)CC[C@@H](CO[Si](c2ccccc2)(c2ccccc2)C(C)(C)C)O1. The van der Waals surface area contributed by atoms with Gasteiger partial charge in [-0.15, -0.1) is 0 Å². The number of benzene rings is 2. The van der Waals surface area contributed by atoms with Crippen LogP contribution in [0.4, 0.5) is 0 Å². The summed E-state index contributed by atoms with van der Waals surface area (Å²) in [6.07, 6.45) is 0.626. The van der Waals surface area contributed by atoms with Gasteiger partial charge in [0.2, 0.25) is 5.79 Å². The summed E-state index contributed by atoms with van der Waals surface area (Å²) in [6, 6.07) is 20.8. The molecule has 0 unspecified atom stereocenters. The molecule has 1 saturated heterocycles. The topological polar surface area (TPSA) is 55.8 Å². The number of carbonyl (C=O) groups excluding carboxylic acids is 1. The fourth-order valence-electron chi connectivity index (χ4n) is 4.11. The Labute approximate surface area is 168 Å². The highest BCUT2D eigenvalue weighted by atomic mass is 28.4. The Morgan fingerprint density at radius 2 is 1.61 bits per heavy atom. The van der Waals surface area contributed by atoms with Crippen molar-refractivity contribution in [2.24, 2.45) is 0 Å². The standard InChI is InChI=1S/C23H30O4Si/c1-18(24)23(25)16-15-19(27-23)17-26-28(22(2,3)4,20-11-7-5-8-12-20)21-13-9-6-10-14-21/h5-14,19,25H,15-17H2,1-4H3/t19-,23+/m0/s1. The minimum atomic E-state index is -2.64. The van der Waals surface area contributed by atoms with E-state index in [1.807, 2.05) is 12.1 Å². The lowest BCUT2D eigenvalue weighted by atomic mass is 10.1. The predicted octanol–water partition coefficient (Wildman–Crippen LogP) is 3.02. The molecule has 1 heterocycles. The quantitative estimate of drug-likeness (QED) is 0.760. The minimum Gasteiger partial charge on any atom is -0.405 e. The van der Waals surface area contributed by atoms with Crippen molar-refractivity contribution in [3.8, 4) is 0 Å². The average molecular weight is 399 g/mol. The molecule has 3 rings (SSSR count). The molecule has 2 atom stereocenters. The van der Waals surface area contributed by atoms with E-state index in [9.17, 15) is 9.90 Å². The van der Waals surface area contributed by atoms with Crippen LogP contribution in [0.25, 0.3) is 0 Å². The van der Waals surface area contributed by atoms with Crippen LogP contribution in [0.2, 0.25) is 5.04 Å². The Morgan fingerprint density at radius 1 is 1.11 bits per heavy atom. The molecule has 5 heteroatoms. The Hall–Kier alpha value is -1.79. The van der Waals surface area contributed by atoms with Gasteiger partial charge in [-0.25, -0.2) is 0 Å². The van der Waals surface area contributed by atoms with E-state index in [4.69, 9.17) is 9.16 Å². The van der Waals surface area contributed by atoms with Crippen LogP contribution >= 0.6 is 0 Å². The van der Waals surface area contributed by atoms with Gasteiger partial charge in [0.05, 0.1) is 12.7 Å². The number of rotatable bonds is 6. The molecule has 1 N–H and O–H groups in total. The van der Waals surface area contributed by atoms with Crippen molar-refractivity contribution in [3.63, 3.8) is 0 Å². The summed E-state index contributed by atoms with van der Waals surface area (Å²) in [6.45, 7) is 8.39. The van der Waals surface area contributed by atoms with E-state index in [1.165, 1.54) is 17.3 Å². The average Bonchev–Trinajstić information content (AvgIpc) is 3.06. The third-order valence-corrected chi connectivity index (χ3v) is 10.6. The zero-order valence-corrected chi connectivity index (χ0v) is 18.1. The van der Waals surface area contributed by atoms with Crippen LogP contribution in [0, 0.1) is 0 Å². The van der Waals surface area contributed by atoms with Gasteiger partial charge in [-0.3, -0.25) is 4.79 Å². The van der Waals surface area contributed by atoms with Gasteiger partial charge in [-0.2, -0.15) is 0 Å². The summed E-state index contributed by atoms with van der Waals surface area (Å²) < 4.78 is 12.5. The fraction of sp³-hybridized carbons (Fsp3) is 0.435. The largest absolute Gasteiger partial charge is 0.405 e. The van der Waals surface area contributed by atoms with Crippen molar-refractivity contribution in [2.75, 3.05) is 6.61 Å². The lowest BCUT2D eigenvalue weighted by Crippen LogP contribution is -2.67. The molecule has 150 valence electrons. The lowest BCUT2D eigenvalue weighted by molar-refractivity contribution is -0.198. The smallest absolute Gasteiger partial charge is 0.261 e. The number of hydrogen-bond acceptors (Lipinski definition) is 4. The van der Waals surface area contributed by atoms with Gasteiger partial charge >= 0.3 is 0 Å². The third-order valence-electron chi connectivity index (χ3n) is 5.62. The Morgan fingerprint density at radius 3 is 2.00 bits per heavy atom. The zero-order valence-electron chi connectivity index (χ0n) is 17.1. The molecule has 28 heavy (non-hydrogen) atoms. The maximum absolute atomic E-state index is 11.7. The first-order chi connectivity index (χ1) is 13.2. The maximum Gasteiger partial charge on any atom is 0.261 e. The van der Waals surface area contributed by atoms with Crippen molar-refractivity contribution in [1.29, 1.82) is 0 Å². The van der Waals surface area contributed by atoms with E-state index in [0.717, 1.165) is 0 Å². The number of hydrogen-bond donors (Lipinski definition) is 1. The van der Waals surface area contributed by atoms with Gasteiger partial charge in [-0.05, 0) is 21.8 Å². The Kier molecular flexibility index (Phi) is 5.91. The molecular formula is C23H30O4Si. The molecular weight excluding hydrogens is 368 g/mol. The predicted molar refractivity (Wildman–Crippen MR) is 113 cm³/mol. The first kappa shape index (κ1) is 20.9. The van der Waals surface area contributed by atoms with E-state index < -0.39 is 14.1 Å². The van der Waals surface area contributed by atoms with Gasteiger partial charge in [-0.1, -0.05) is 81.4 Å². The fourth-order valence-corrected chi connectivity index (χ4v) is 8.70. The second-order valence-corrected chi connectivity index (χ2v) is 12.9. The van der Waals surface area contributed by atoms with Crippen molar-refractivity contribution < 1.29 is 19.1 Å². The van der Waals surface area contributed by atoms with Crippen molar-refractivity contribution in [1.82, 2.24) is 0 Å². The summed E-state index contributed by atoms with van der Waals surface area (Å²) in [5.41, 5.74) is 0. The normalized spacial score (nSPS) is 23.0. The molecule has 0 spiro atoms. The summed E-state index contributed by atoms with van der Waals surface area (Å²) >= 11 is 0. The van der Waals surface area contributed by atoms with E-state index in [1.54, 1.807) is 0 Å². The van der Waals surface area contributed by atoms with Crippen LogP contribution in [0.3, 0.4) is 0 Å². The lowest BCUT2D eigenvalue weighted by Gasteiger charge is -2.43. The van der Waals surface area contributed by atoms with Gasteiger partial charge < -0.3 is 14.3 Å². The molecule has 0 saturated carbocycles. The summed E-state index contributed by atoms with van der Waals surface area (Å²) in [5.74, 6) is -2.01. The van der Waals surface area contributed by atoms with E-state index in [2.05, 4.69) is 69.3 Å². The van der Waals surface area contributed by atoms with E-state index in [0.29, 0.717) is 19.4 Å². The number of ether oxygens (including phenoxy) is 1. The Bertz CT molecular complexity index is 761. The van der Waals surface area contributed by atoms with Gasteiger partial charge in [0.1, 0.15) is 0 Å². The molecule has 2 aromatic carbocycles. The number of Topliss-reactive ketones (excluding diaryl/α,β-unsaturated/α-hetero) is 1. The molecule has 1 aliphatic rings. The molecule has 1 fully saturated rings. The van der Waals surface area contributed by atoms with Crippen LogP contribution in [0.5, 0.6) is 0 Å². The molecule has 0 bridgehead atoms. The molecule has 0 aliphatic carbocycles. The van der Waals surface area contributed by atoms with Crippen molar-refractivity contribution in [3.05, 3.63) is 60.7 Å². The van der Waals surface area contributed by atoms with E-state index in [-0.39, 0.29) is 16.9 Å². The van der Waals surface area contributed by atoms with Crippen LogP contribution < -0.4 is 10.4 Å². The highest BCUT2D eigenvalue weighted by Gasteiger charge is 2.51. The first-order valence-electron chi connectivity index (χ1n) is 9.85. The number of carbonyl (C=O) groups is 1. The van der Waals surface area contributed by atoms with Gasteiger partial charge in [0.15, 0.2) is 5.78 Å². The molecule has 2 aromatic rings. The first-order valence-corrected chi connectivity index (χ1v) is 11.8. The summed E-state index contributed by atoms with van der Waals surface area (Å²) in [4.78, 5) is 11.7. The zero-order chi connectivity index (χ0) is 20.4. The van der Waals surface area contributed by atoms with Crippen molar-refractivity contribution >= 4 is 24.5 Å². The highest BCUT2D eigenvalue weighted by molar-refractivity contribution is 6.99. The molecule has 0 aromatic heterocycles. The second kappa shape index (κ2) is 7.91. The highest BCUT2D eigenvalue weighted by Crippen LogP contribution is 2.38. The summed E-state index contributed by atoms with van der Waals surface area (Å²) in [5, 5.41) is 12.6. The maximum atomic E-state index is 11.7. The molecule has 1 aliphatic heterocycles. The number of ketones is 1. The van der Waals surface area contributed by atoms with Gasteiger partial charge in [0.25, 0.3) is 8.32 Å². The number of aliphatic hydroxyl groups is 1. The van der Waals surface area contributed by atoms with Crippen LogP contribution in [-0.2, 0) is 14.0 Å². The summed E-state index contributed by atoms with van der Waals surface area (Å²) in [7, 11) is -2.64. The van der Waals surface area contributed by atoms with Gasteiger partial charge in [0, 0.05) is 13.3 Å². The van der Waals surface area contributed by atoms with Crippen LogP contribution in [0.15, 0.2) is 60.7 Å². The van der Waals surface area contributed by atoms with Crippen LogP contribution in [-0.4, -0.2) is 37.7 Å². The second-order valence-electron chi connectivity index (χ2n) is 8.59. The molecule has 4 nitrogen and oxygen atoms in total. The monoisotopic (exact) mass is 398 g/mol. The van der Waals surface area contributed by atoms with Crippen molar-refractivity contribution in [2.45, 2.75) is 57.5 Å². The minimum absolute atomic E-state index is 0.120. The Balaban J connectivity index is 1.97. The van der Waals surface area contributed by atoms with E-state index >= 15 is 0 Å². The molecule has 0 radical (unpaired) electrons. The van der Waals surface area contributed by atoms with Crippen LogP contribution in [0.1, 0.15) is 40.5 Å².